The molecule has 0 spiro atoms. The van der Waals surface area contributed by atoms with Crippen LogP contribution in [-0.4, -0.2) is 30.0 Å². The number of sulfone groups is 1. The summed E-state index contributed by atoms with van der Waals surface area (Å²) in [6.45, 7) is 3.49. The summed E-state index contributed by atoms with van der Waals surface area (Å²) in [6, 6.07) is 4.25. The van der Waals surface area contributed by atoms with Crippen LogP contribution in [0.5, 0.6) is 0 Å². The molecule has 0 saturated heterocycles. The first-order valence-electron chi connectivity index (χ1n) is 6.19. The Morgan fingerprint density at radius 2 is 2.05 bits per heavy atom. The number of rotatable bonds is 4. The van der Waals surface area contributed by atoms with Crippen molar-refractivity contribution in [3.63, 3.8) is 0 Å². The summed E-state index contributed by atoms with van der Waals surface area (Å²) >= 11 is 6.09. The third-order valence-corrected chi connectivity index (χ3v) is 4.32. The van der Waals surface area contributed by atoms with Gasteiger partial charge in [-0.3, -0.25) is 0 Å². The average molecular weight is 319 g/mol. The van der Waals surface area contributed by atoms with E-state index in [1.165, 1.54) is 12.3 Å². The summed E-state index contributed by atoms with van der Waals surface area (Å²) in [5.41, 5.74) is 0.777. The number of halogens is 2. The summed E-state index contributed by atoms with van der Waals surface area (Å²) in [6.07, 6.45) is 1.17. The maximum Gasteiger partial charge on any atom is 0.151 e. The van der Waals surface area contributed by atoms with Crippen molar-refractivity contribution < 1.29 is 12.8 Å². The molecule has 0 bridgehead atoms. The van der Waals surface area contributed by atoms with Crippen LogP contribution in [-0.2, 0) is 9.84 Å². The predicted octanol–water partition coefficient (Wildman–Crippen LogP) is 3.08. The number of imidazole rings is 1. The van der Waals surface area contributed by atoms with E-state index in [9.17, 15) is 12.8 Å². The van der Waals surface area contributed by atoms with Crippen LogP contribution < -0.4 is 0 Å². The highest BCUT2D eigenvalue weighted by molar-refractivity contribution is 7.90. The second kappa shape index (κ2) is 5.33. The number of hydrogen-bond acceptors (Lipinski definition) is 3. The Morgan fingerprint density at radius 1 is 1.40 bits per heavy atom. The summed E-state index contributed by atoms with van der Waals surface area (Å²) in [5.74, 6) is -0.0136. The zero-order chi connectivity index (χ0) is 15.1. The van der Waals surface area contributed by atoms with Gasteiger partial charge in [-0.25, -0.2) is 17.8 Å². The average Bonchev–Trinajstić information content (AvgIpc) is 2.67. The molecule has 2 rings (SSSR count). The van der Waals surface area contributed by atoms with Gasteiger partial charge in [-0.2, -0.15) is 0 Å². The van der Waals surface area contributed by atoms with E-state index in [2.05, 4.69) is 4.98 Å². The van der Waals surface area contributed by atoms with E-state index in [1.54, 1.807) is 30.5 Å². The lowest BCUT2D eigenvalue weighted by molar-refractivity contribution is 0.555. The first-order chi connectivity index (χ1) is 9.20. The van der Waals surface area contributed by atoms with Crippen molar-refractivity contribution >= 4 is 32.5 Å². The highest BCUT2D eigenvalue weighted by Gasteiger charge is 2.22. The van der Waals surface area contributed by atoms with Gasteiger partial charge in [0.1, 0.15) is 21.2 Å². The third kappa shape index (κ3) is 2.96. The molecule has 1 aromatic heterocycles. The molecule has 0 fully saturated rings. The van der Waals surface area contributed by atoms with Crippen LogP contribution in [0, 0.1) is 5.82 Å². The molecule has 1 aromatic carbocycles. The topological polar surface area (TPSA) is 52.0 Å². The van der Waals surface area contributed by atoms with E-state index in [0.717, 1.165) is 0 Å². The number of alkyl halides is 1. The lowest BCUT2D eigenvalue weighted by Gasteiger charge is -2.17. The highest BCUT2D eigenvalue weighted by atomic mass is 35.5. The quantitative estimate of drug-likeness (QED) is 0.814. The van der Waals surface area contributed by atoms with Crippen molar-refractivity contribution in [2.75, 3.05) is 12.0 Å². The molecule has 0 N–H and O–H groups in total. The minimum Gasteiger partial charge on any atom is -0.323 e. The Hall–Kier alpha value is -1.14. The Kier molecular flexibility index (Phi) is 4.07. The third-order valence-electron chi connectivity index (χ3n) is 3.04. The molecule has 0 aliphatic carbocycles. The van der Waals surface area contributed by atoms with Crippen molar-refractivity contribution in [2.24, 2.45) is 0 Å². The molecule has 7 heteroatoms. The van der Waals surface area contributed by atoms with Crippen LogP contribution in [0.2, 0.25) is 0 Å². The largest absolute Gasteiger partial charge is 0.323 e. The molecule has 0 saturated carbocycles. The van der Waals surface area contributed by atoms with Crippen molar-refractivity contribution in [3.8, 4) is 0 Å². The molecular weight excluding hydrogens is 303 g/mol. The molecule has 2 atom stereocenters. The highest BCUT2D eigenvalue weighted by Crippen LogP contribution is 2.29. The fourth-order valence-corrected chi connectivity index (χ4v) is 3.54. The molecule has 2 unspecified atom stereocenters. The SMILES string of the molecule is CC(Cl)c1nc2c(F)cccc2n1C(C)CS(C)(=O)=O. The molecule has 0 radical (unpaired) electrons. The maximum absolute atomic E-state index is 13.8. The lowest BCUT2D eigenvalue weighted by Crippen LogP contribution is -2.18. The zero-order valence-electron chi connectivity index (χ0n) is 11.5. The van der Waals surface area contributed by atoms with Crippen LogP contribution in [0.1, 0.15) is 31.1 Å². The van der Waals surface area contributed by atoms with Gasteiger partial charge < -0.3 is 4.57 Å². The molecule has 4 nitrogen and oxygen atoms in total. The number of benzene rings is 1. The first kappa shape index (κ1) is 15.3. The Labute approximate surface area is 122 Å². The van der Waals surface area contributed by atoms with E-state index >= 15 is 0 Å². The fourth-order valence-electron chi connectivity index (χ4n) is 2.36. The van der Waals surface area contributed by atoms with Gasteiger partial charge in [-0.15, -0.1) is 11.6 Å². The Bertz CT molecular complexity index is 740. The molecule has 1 heterocycles. The summed E-state index contributed by atoms with van der Waals surface area (Å²) < 4.78 is 38.5. The summed E-state index contributed by atoms with van der Waals surface area (Å²) in [7, 11) is -3.16. The van der Waals surface area contributed by atoms with Crippen molar-refractivity contribution in [1.82, 2.24) is 9.55 Å². The monoisotopic (exact) mass is 318 g/mol. The van der Waals surface area contributed by atoms with Crippen LogP contribution in [0.3, 0.4) is 0 Å². The molecule has 0 aliphatic rings. The van der Waals surface area contributed by atoms with Gasteiger partial charge in [0.05, 0.1) is 16.6 Å². The van der Waals surface area contributed by atoms with Crippen molar-refractivity contribution in [2.45, 2.75) is 25.3 Å². The summed E-state index contributed by atoms with van der Waals surface area (Å²) in [5, 5.41) is -0.441. The first-order valence-corrected chi connectivity index (χ1v) is 8.68. The van der Waals surface area contributed by atoms with Gasteiger partial charge in [0.2, 0.25) is 0 Å². The minimum atomic E-state index is -3.16. The fraction of sp³-hybridized carbons (Fsp3) is 0.462. The molecule has 2 aromatic rings. The molecule has 110 valence electrons. The molecule has 20 heavy (non-hydrogen) atoms. The molecule has 0 aliphatic heterocycles. The number of fused-ring (bicyclic) bond motifs is 1. The smallest absolute Gasteiger partial charge is 0.151 e. The number of para-hydroxylation sites is 1. The van der Waals surface area contributed by atoms with E-state index < -0.39 is 21.0 Å². The van der Waals surface area contributed by atoms with Crippen molar-refractivity contribution in [3.05, 3.63) is 29.8 Å². The van der Waals surface area contributed by atoms with Crippen LogP contribution >= 0.6 is 11.6 Å². The van der Waals surface area contributed by atoms with Gasteiger partial charge in [-0.1, -0.05) is 6.07 Å². The molecule has 0 amide bonds. The number of hydrogen-bond donors (Lipinski definition) is 0. The predicted molar refractivity (Wildman–Crippen MR) is 78.4 cm³/mol. The van der Waals surface area contributed by atoms with Gasteiger partial charge in [0, 0.05) is 12.3 Å². The number of nitrogens with zero attached hydrogens (tertiary/aromatic N) is 2. The van der Waals surface area contributed by atoms with E-state index in [0.29, 0.717) is 11.3 Å². The van der Waals surface area contributed by atoms with Gasteiger partial charge in [0.15, 0.2) is 5.82 Å². The van der Waals surface area contributed by atoms with E-state index in [1.807, 2.05) is 0 Å². The minimum absolute atomic E-state index is 0.0500. The zero-order valence-corrected chi connectivity index (χ0v) is 13.0. The Morgan fingerprint density at radius 3 is 2.60 bits per heavy atom. The second-order valence-corrected chi connectivity index (χ2v) is 7.84. The van der Waals surface area contributed by atoms with Crippen LogP contribution in [0.15, 0.2) is 18.2 Å². The van der Waals surface area contributed by atoms with Gasteiger partial charge in [-0.05, 0) is 26.0 Å². The van der Waals surface area contributed by atoms with Crippen molar-refractivity contribution in [1.29, 1.82) is 0 Å². The molecular formula is C13H16ClFN2O2S. The number of aromatic nitrogens is 2. The Balaban J connectivity index is 2.66. The van der Waals surface area contributed by atoms with E-state index in [4.69, 9.17) is 11.6 Å². The maximum atomic E-state index is 13.8. The van der Waals surface area contributed by atoms with Gasteiger partial charge >= 0.3 is 0 Å². The second-order valence-electron chi connectivity index (χ2n) is 5.01. The summed E-state index contributed by atoms with van der Waals surface area (Å²) in [4.78, 5) is 4.22. The normalized spacial score (nSPS) is 15.4. The van der Waals surface area contributed by atoms with Crippen LogP contribution in [0.4, 0.5) is 4.39 Å². The van der Waals surface area contributed by atoms with Gasteiger partial charge in [0.25, 0.3) is 0 Å². The van der Waals surface area contributed by atoms with E-state index in [-0.39, 0.29) is 17.3 Å². The lowest BCUT2D eigenvalue weighted by atomic mass is 10.2. The standard InChI is InChI=1S/C13H16ClFN2O2S/c1-8(7-20(3,18)19)17-11-6-4-5-10(15)12(11)16-13(17)9(2)14/h4-6,8-9H,7H2,1-3H3. The van der Waals surface area contributed by atoms with Crippen LogP contribution in [0.25, 0.3) is 11.0 Å².